The van der Waals surface area contributed by atoms with Crippen molar-refractivity contribution in [3.8, 4) is 0 Å². The van der Waals surface area contributed by atoms with Gasteiger partial charge in [-0.25, -0.2) is 0 Å². The van der Waals surface area contributed by atoms with Gasteiger partial charge in [0.2, 0.25) is 0 Å². The molecule has 0 aromatic carbocycles. The van der Waals surface area contributed by atoms with Crippen LogP contribution in [-0.2, 0) is 29.4 Å². The lowest BCUT2D eigenvalue weighted by Crippen LogP contribution is -2.19. The molecule has 23 heavy (non-hydrogen) atoms. The molecule has 0 saturated heterocycles. The van der Waals surface area contributed by atoms with Crippen LogP contribution < -0.4 is 0 Å². The highest BCUT2D eigenvalue weighted by molar-refractivity contribution is 7.89. The summed E-state index contributed by atoms with van der Waals surface area (Å²) in [6.45, 7) is 0.940. The molecular formula is C10H8F6N4O2S. The predicted molar refractivity (Wildman–Crippen MR) is 62.8 cm³/mol. The van der Waals surface area contributed by atoms with Crippen LogP contribution in [0.1, 0.15) is 17.0 Å². The number of hydrogen-bond acceptors (Lipinski definition) is 4. The summed E-state index contributed by atoms with van der Waals surface area (Å²) >= 11 is 0. The molecule has 0 saturated carbocycles. The van der Waals surface area contributed by atoms with E-state index in [2.05, 4.69) is 10.2 Å². The van der Waals surface area contributed by atoms with Crippen molar-refractivity contribution in [1.29, 1.82) is 0 Å². The van der Waals surface area contributed by atoms with Gasteiger partial charge in [-0.15, -0.1) is 0 Å². The Balaban J connectivity index is 2.66. The Kier molecular flexibility index (Phi) is 3.74. The molecule has 0 aliphatic heterocycles. The molecule has 0 N–H and O–H groups in total. The highest BCUT2D eigenvalue weighted by atomic mass is 32.2. The molecule has 13 heteroatoms. The van der Waals surface area contributed by atoms with E-state index >= 15 is 0 Å². The summed E-state index contributed by atoms with van der Waals surface area (Å²) in [6, 6.07) is 0. The van der Waals surface area contributed by atoms with E-state index in [1.54, 1.807) is 0 Å². The highest BCUT2D eigenvalue weighted by Gasteiger charge is 2.43. The molecule has 0 bridgehead atoms. The zero-order valence-corrected chi connectivity index (χ0v) is 12.3. The van der Waals surface area contributed by atoms with Gasteiger partial charge >= 0.3 is 12.4 Å². The second-order valence-electron chi connectivity index (χ2n) is 4.55. The standard InChI is InChI=1S/C10H8F6N4O2S/c1-5-3-20(18-7(5)9(11,12)13)23(21,22)6-4-19(2)17-8(6)10(14,15)16/h3-4H,1-2H3. The van der Waals surface area contributed by atoms with Crippen molar-refractivity contribution < 1.29 is 34.8 Å². The molecule has 0 spiro atoms. The average molecular weight is 362 g/mol. The Hall–Kier alpha value is -2.05. The molecule has 6 nitrogen and oxygen atoms in total. The van der Waals surface area contributed by atoms with Crippen molar-refractivity contribution in [2.75, 3.05) is 0 Å². The van der Waals surface area contributed by atoms with Crippen LogP contribution in [0.4, 0.5) is 26.3 Å². The largest absolute Gasteiger partial charge is 0.436 e. The predicted octanol–water partition coefficient (Wildman–Crippen LogP) is 2.20. The summed E-state index contributed by atoms with van der Waals surface area (Å²) in [5.41, 5.74) is -3.78. The first kappa shape index (κ1) is 17.3. The fraction of sp³-hybridized carbons (Fsp3) is 0.400. The normalized spacial score (nSPS) is 13.6. The van der Waals surface area contributed by atoms with Crippen LogP contribution in [0.25, 0.3) is 0 Å². The zero-order chi connectivity index (χ0) is 17.8. The van der Waals surface area contributed by atoms with E-state index in [1.165, 1.54) is 0 Å². The lowest BCUT2D eigenvalue weighted by atomic mass is 10.3. The van der Waals surface area contributed by atoms with E-state index in [1.807, 2.05) is 0 Å². The maximum absolute atomic E-state index is 12.8. The van der Waals surface area contributed by atoms with Gasteiger partial charge in [0, 0.05) is 25.0 Å². The second kappa shape index (κ2) is 4.97. The third kappa shape index (κ3) is 3.04. The van der Waals surface area contributed by atoms with E-state index in [9.17, 15) is 34.8 Å². The Labute approximate surface area is 125 Å². The SMILES string of the molecule is Cc1cn(S(=O)(=O)c2cn(C)nc2C(F)(F)F)nc1C(F)(F)F. The van der Waals surface area contributed by atoms with E-state index in [0.29, 0.717) is 17.1 Å². The molecule has 128 valence electrons. The lowest BCUT2D eigenvalue weighted by Gasteiger charge is -2.07. The number of rotatable bonds is 2. The lowest BCUT2D eigenvalue weighted by molar-refractivity contribution is -0.144. The van der Waals surface area contributed by atoms with Crippen LogP contribution >= 0.6 is 0 Å². The van der Waals surface area contributed by atoms with Gasteiger partial charge < -0.3 is 0 Å². The molecule has 0 radical (unpaired) electrons. The third-order valence-corrected chi connectivity index (χ3v) is 4.27. The number of aromatic nitrogens is 4. The maximum atomic E-state index is 12.8. The Morgan fingerprint density at radius 2 is 1.48 bits per heavy atom. The van der Waals surface area contributed by atoms with Gasteiger partial charge in [0.05, 0.1) is 0 Å². The molecule has 2 aromatic heterocycles. The summed E-state index contributed by atoms with van der Waals surface area (Å²) in [5.74, 6) is 0. The Morgan fingerprint density at radius 3 is 1.91 bits per heavy atom. The topological polar surface area (TPSA) is 69.8 Å². The van der Waals surface area contributed by atoms with Crippen LogP contribution in [0.5, 0.6) is 0 Å². The van der Waals surface area contributed by atoms with E-state index in [-0.39, 0.29) is 4.09 Å². The first-order chi connectivity index (χ1) is 10.2. The number of nitrogens with zero attached hydrogens (tertiary/aromatic N) is 4. The zero-order valence-electron chi connectivity index (χ0n) is 11.4. The van der Waals surface area contributed by atoms with E-state index in [0.717, 1.165) is 14.0 Å². The summed E-state index contributed by atoms with van der Waals surface area (Å²) in [7, 11) is -3.95. The number of hydrogen-bond donors (Lipinski definition) is 0. The van der Waals surface area contributed by atoms with Crippen molar-refractivity contribution in [2.45, 2.75) is 24.2 Å². The smallest absolute Gasteiger partial charge is 0.274 e. The molecule has 0 fully saturated rings. The molecule has 0 amide bonds. The monoisotopic (exact) mass is 362 g/mol. The molecule has 0 aliphatic carbocycles. The number of alkyl halides is 6. The molecular weight excluding hydrogens is 354 g/mol. The van der Waals surface area contributed by atoms with Gasteiger partial charge in [0.1, 0.15) is 4.90 Å². The molecule has 0 unspecified atom stereocenters. The summed E-state index contributed by atoms with van der Waals surface area (Å²) in [6.07, 6.45) is -9.00. The van der Waals surface area contributed by atoms with Crippen LogP contribution in [0.15, 0.2) is 17.3 Å². The van der Waals surface area contributed by atoms with Crippen LogP contribution in [0.2, 0.25) is 0 Å². The first-order valence-corrected chi connectivity index (χ1v) is 7.18. The van der Waals surface area contributed by atoms with Crippen molar-refractivity contribution >= 4 is 10.0 Å². The average Bonchev–Trinajstić information content (AvgIpc) is 2.91. The van der Waals surface area contributed by atoms with Gasteiger partial charge in [-0.2, -0.15) is 49.0 Å². The highest BCUT2D eigenvalue weighted by Crippen LogP contribution is 2.35. The van der Waals surface area contributed by atoms with E-state index in [4.69, 9.17) is 0 Å². The minimum Gasteiger partial charge on any atom is -0.274 e. The fourth-order valence-corrected chi connectivity index (χ4v) is 3.16. The first-order valence-electron chi connectivity index (χ1n) is 5.74. The van der Waals surface area contributed by atoms with Crippen LogP contribution in [0, 0.1) is 6.92 Å². The van der Waals surface area contributed by atoms with Crippen molar-refractivity contribution in [1.82, 2.24) is 19.0 Å². The quantitative estimate of drug-likeness (QED) is 0.768. The molecule has 0 aliphatic rings. The number of halogens is 6. The van der Waals surface area contributed by atoms with Gasteiger partial charge in [-0.3, -0.25) is 4.68 Å². The second-order valence-corrected chi connectivity index (χ2v) is 6.31. The Bertz CT molecular complexity index is 846. The molecule has 0 atom stereocenters. The molecule has 2 heterocycles. The molecule has 2 rings (SSSR count). The van der Waals surface area contributed by atoms with Crippen molar-refractivity contribution in [3.05, 3.63) is 29.3 Å². The molecule has 2 aromatic rings. The maximum Gasteiger partial charge on any atom is 0.436 e. The van der Waals surface area contributed by atoms with Gasteiger partial charge in [-0.05, 0) is 6.92 Å². The number of aryl methyl sites for hydroxylation is 2. The van der Waals surface area contributed by atoms with Gasteiger partial charge in [-0.1, -0.05) is 0 Å². The summed E-state index contributed by atoms with van der Waals surface area (Å²) in [5, 5.41) is 5.86. The van der Waals surface area contributed by atoms with Crippen LogP contribution in [0.3, 0.4) is 0 Å². The fourth-order valence-electron chi connectivity index (χ4n) is 1.79. The summed E-state index contributed by atoms with van der Waals surface area (Å²) in [4.78, 5) is -1.29. The minimum absolute atomic E-state index is 0.141. The van der Waals surface area contributed by atoms with Crippen molar-refractivity contribution in [3.63, 3.8) is 0 Å². The van der Waals surface area contributed by atoms with Crippen molar-refractivity contribution in [2.24, 2.45) is 7.05 Å². The van der Waals surface area contributed by atoms with Crippen LogP contribution in [-0.4, -0.2) is 27.4 Å². The van der Waals surface area contributed by atoms with E-state index < -0.39 is 44.2 Å². The summed E-state index contributed by atoms with van der Waals surface area (Å²) < 4.78 is 101. The van der Waals surface area contributed by atoms with Gasteiger partial charge in [0.15, 0.2) is 11.4 Å². The Morgan fingerprint density at radius 1 is 0.957 bits per heavy atom. The minimum atomic E-state index is -5.10. The van der Waals surface area contributed by atoms with Gasteiger partial charge in [0.25, 0.3) is 10.0 Å². The third-order valence-electron chi connectivity index (χ3n) is 2.73.